The summed E-state index contributed by atoms with van der Waals surface area (Å²) in [5.41, 5.74) is 15.0. The lowest BCUT2D eigenvalue weighted by Gasteiger charge is -2.44. The van der Waals surface area contributed by atoms with Crippen molar-refractivity contribution >= 4 is 43.1 Å². The molecule has 0 N–H and O–H groups in total. The van der Waals surface area contributed by atoms with Gasteiger partial charge >= 0.3 is 0 Å². The lowest BCUT2D eigenvalue weighted by Crippen LogP contribution is -2.38. The maximum atomic E-state index is 5.43. The van der Waals surface area contributed by atoms with Gasteiger partial charge in [-0.3, -0.25) is 4.90 Å². The summed E-state index contributed by atoms with van der Waals surface area (Å²) >= 11 is 1.85. The highest BCUT2D eigenvalue weighted by atomic mass is 32.1. The maximum absolute atomic E-state index is 5.43. The number of fused-ring (bicyclic) bond motifs is 10. The van der Waals surface area contributed by atoms with E-state index in [0.717, 1.165) is 45.0 Å². The van der Waals surface area contributed by atoms with Crippen LogP contribution in [-0.2, 0) is 5.41 Å². The normalized spacial score (nSPS) is 14.0. The van der Waals surface area contributed by atoms with E-state index in [1.165, 1.54) is 53.6 Å². The summed E-state index contributed by atoms with van der Waals surface area (Å²) in [5.74, 6) is 0.620. The summed E-state index contributed by atoms with van der Waals surface area (Å²) in [4.78, 5) is 13.2. The van der Waals surface area contributed by atoms with Crippen LogP contribution in [0.4, 0.5) is 11.6 Å². The molecule has 0 radical (unpaired) electrons. The Hall–Kier alpha value is -7.14. The van der Waals surface area contributed by atoms with Crippen LogP contribution in [0.1, 0.15) is 23.6 Å². The molecule has 274 valence electrons. The standard InChI is InChI=1S/C54H37N3S/c1-3-4-24-44-35(2)57(53-55-48(36-17-7-5-8-18-36)34-49(56-53)37-19-9-6-10-20-37)50-33-39(38-29-31-52-43(32-38)42-23-13-16-27-51(42)58-52)28-30-47(50)54(44)45-25-14-11-21-40(45)41-22-12-15-26-46(41)54/h3-34H,1H2,2H3/b24-4-. The van der Waals surface area contributed by atoms with Gasteiger partial charge in [-0.25, -0.2) is 9.97 Å². The molecular weight excluding hydrogens is 723 g/mol. The third kappa shape index (κ3) is 5.12. The van der Waals surface area contributed by atoms with Crippen LogP contribution in [0.5, 0.6) is 0 Å². The molecule has 0 atom stereocenters. The molecule has 4 heteroatoms. The smallest absolute Gasteiger partial charge is 0.235 e. The monoisotopic (exact) mass is 759 g/mol. The van der Waals surface area contributed by atoms with Crippen molar-refractivity contribution in [1.82, 2.24) is 9.97 Å². The molecule has 58 heavy (non-hydrogen) atoms. The Morgan fingerprint density at radius 1 is 0.534 bits per heavy atom. The topological polar surface area (TPSA) is 29.0 Å². The second kappa shape index (κ2) is 13.5. The fourth-order valence-electron chi connectivity index (χ4n) is 9.37. The van der Waals surface area contributed by atoms with Gasteiger partial charge in [-0.1, -0.05) is 170 Å². The van der Waals surface area contributed by atoms with Gasteiger partial charge in [0.05, 0.1) is 22.5 Å². The average Bonchev–Trinajstić information content (AvgIpc) is 3.80. The maximum Gasteiger partial charge on any atom is 0.235 e. The van der Waals surface area contributed by atoms with Crippen molar-refractivity contribution in [2.75, 3.05) is 4.90 Å². The van der Waals surface area contributed by atoms with Crippen LogP contribution in [0.3, 0.4) is 0 Å². The molecule has 1 aliphatic heterocycles. The van der Waals surface area contributed by atoms with E-state index < -0.39 is 5.41 Å². The first kappa shape index (κ1) is 34.1. The summed E-state index contributed by atoms with van der Waals surface area (Å²) in [7, 11) is 0. The van der Waals surface area contributed by atoms with Crippen LogP contribution in [0, 0.1) is 0 Å². The summed E-state index contributed by atoms with van der Waals surface area (Å²) in [6, 6.07) is 63.4. The molecule has 2 aliphatic rings. The molecule has 1 aliphatic carbocycles. The number of rotatable bonds is 6. The summed E-state index contributed by atoms with van der Waals surface area (Å²) < 4.78 is 2.59. The Morgan fingerprint density at radius 3 is 1.78 bits per heavy atom. The highest BCUT2D eigenvalue weighted by molar-refractivity contribution is 7.25. The van der Waals surface area contributed by atoms with Crippen molar-refractivity contribution in [2.45, 2.75) is 12.3 Å². The Labute approximate surface area is 342 Å². The summed E-state index contributed by atoms with van der Waals surface area (Å²) in [6.45, 7) is 6.35. The van der Waals surface area contributed by atoms with Crippen molar-refractivity contribution in [3.8, 4) is 44.8 Å². The van der Waals surface area contributed by atoms with Crippen LogP contribution in [0.25, 0.3) is 64.9 Å². The molecule has 3 nitrogen and oxygen atoms in total. The van der Waals surface area contributed by atoms with Gasteiger partial charge in [-0.2, -0.15) is 0 Å². The molecule has 2 aromatic heterocycles. The molecular formula is C54H37N3S. The second-order valence-electron chi connectivity index (χ2n) is 15.0. The van der Waals surface area contributed by atoms with Crippen LogP contribution >= 0.6 is 11.3 Å². The van der Waals surface area contributed by atoms with Gasteiger partial charge in [0.2, 0.25) is 5.95 Å². The van der Waals surface area contributed by atoms with Crippen LogP contribution < -0.4 is 4.90 Å². The van der Waals surface area contributed by atoms with E-state index in [0.29, 0.717) is 5.95 Å². The number of nitrogens with zero attached hydrogens (tertiary/aromatic N) is 3. The second-order valence-corrected chi connectivity index (χ2v) is 16.1. The van der Waals surface area contributed by atoms with Crippen LogP contribution in [0.2, 0.25) is 0 Å². The minimum Gasteiger partial charge on any atom is -0.283 e. The Bertz CT molecular complexity index is 3050. The largest absolute Gasteiger partial charge is 0.283 e. The lowest BCUT2D eigenvalue weighted by molar-refractivity contribution is 0.728. The fourth-order valence-corrected chi connectivity index (χ4v) is 10.5. The molecule has 1 spiro atoms. The highest BCUT2D eigenvalue weighted by Gasteiger charge is 2.52. The first-order chi connectivity index (χ1) is 28.6. The Balaban J connectivity index is 1.24. The quantitative estimate of drug-likeness (QED) is 0.158. The SMILES string of the molecule is C=C/C=C\C1=C(C)N(c2nc(-c3ccccc3)cc(-c3ccccc3)n2)c2cc(-c3ccc4sc5ccccc5c4c3)ccc2C12c1ccccc1-c1ccccc12. The molecule has 0 saturated carbocycles. The van der Waals surface area contributed by atoms with Crippen LogP contribution in [-0.4, -0.2) is 9.97 Å². The Kier molecular flexibility index (Phi) is 7.95. The van der Waals surface area contributed by atoms with Crippen molar-refractivity contribution in [3.05, 3.63) is 229 Å². The lowest BCUT2D eigenvalue weighted by atomic mass is 9.64. The van der Waals surface area contributed by atoms with E-state index in [1.807, 2.05) is 29.5 Å². The van der Waals surface area contributed by atoms with Crippen molar-refractivity contribution in [1.29, 1.82) is 0 Å². The van der Waals surface area contributed by atoms with Gasteiger partial charge in [0, 0.05) is 37.0 Å². The first-order valence-electron chi connectivity index (χ1n) is 19.7. The predicted octanol–water partition coefficient (Wildman–Crippen LogP) is 14.3. The molecule has 0 fully saturated rings. The molecule has 0 amide bonds. The highest BCUT2D eigenvalue weighted by Crippen LogP contribution is 2.62. The average molecular weight is 760 g/mol. The van der Waals surface area contributed by atoms with E-state index in [2.05, 4.69) is 194 Å². The molecule has 7 aromatic carbocycles. The summed E-state index contributed by atoms with van der Waals surface area (Å²) in [5, 5.41) is 2.57. The van der Waals surface area contributed by atoms with Gasteiger partial charge in [0.1, 0.15) is 0 Å². The molecule has 3 heterocycles. The van der Waals surface area contributed by atoms with Gasteiger partial charge < -0.3 is 0 Å². The number of hydrogen-bond donors (Lipinski definition) is 0. The van der Waals surface area contributed by atoms with Gasteiger partial charge in [0.15, 0.2) is 0 Å². The number of hydrogen-bond acceptors (Lipinski definition) is 4. The zero-order chi connectivity index (χ0) is 38.8. The minimum absolute atomic E-state index is 0.603. The van der Waals surface area contributed by atoms with Gasteiger partial charge in [-0.15, -0.1) is 11.3 Å². The third-order valence-electron chi connectivity index (χ3n) is 11.9. The number of anilines is 2. The predicted molar refractivity (Wildman–Crippen MR) is 244 cm³/mol. The van der Waals surface area contributed by atoms with Crippen molar-refractivity contribution < 1.29 is 0 Å². The molecule has 0 saturated heterocycles. The zero-order valence-electron chi connectivity index (χ0n) is 31.9. The number of thiophene rings is 1. The number of benzene rings is 7. The van der Waals surface area contributed by atoms with Gasteiger partial charge in [-0.05, 0) is 81.8 Å². The van der Waals surface area contributed by atoms with Crippen molar-refractivity contribution in [3.63, 3.8) is 0 Å². The number of allylic oxidation sites excluding steroid dienone is 5. The van der Waals surface area contributed by atoms with Crippen molar-refractivity contribution in [2.24, 2.45) is 0 Å². The van der Waals surface area contributed by atoms with E-state index in [-0.39, 0.29) is 0 Å². The molecule has 9 aromatic rings. The van der Waals surface area contributed by atoms with Gasteiger partial charge in [0.25, 0.3) is 0 Å². The molecule has 11 rings (SSSR count). The minimum atomic E-state index is -0.603. The Morgan fingerprint density at radius 2 is 1.10 bits per heavy atom. The van der Waals surface area contributed by atoms with E-state index in [4.69, 9.17) is 9.97 Å². The van der Waals surface area contributed by atoms with E-state index >= 15 is 0 Å². The third-order valence-corrected chi connectivity index (χ3v) is 13.0. The van der Waals surface area contributed by atoms with Crippen LogP contribution in [0.15, 0.2) is 212 Å². The van der Waals surface area contributed by atoms with E-state index in [1.54, 1.807) is 0 Å². The number of aromatic nitrogens is 2. The van der Waals surface area contributed by atoms with E-state index in [9.17, 15) is 0 Å². The fraction of sp³-hybridized carbons (Fsp3) is 0.0370. The summed E-state index contributed by atoms with van der Waals surface area (Å²) in [6.07, 6.45) is 6.19. The molecule has 0 bridgehead atoms. The molecule has 0 unspecified atom stereocenters. The zero-order valence-corrected chi connectivity index (χ0v) is 32.7. The first-order valence-corrected chi connectivity index (χ1v) is 20.5.